The summed E-state index contributed by atoms with van der Waals surface area (Å²) >= 11 is 0. The van der Waals surface area contributed by atoms with Gasteiger partial charge in [0.05, 0.1) is 5.75 Å². The van der Waals surface area contributed by atoms with E-state index in [1.165, 1.54) is 10.7 Å². The fourth-order valence-electron chi connectivity index (χ4n) is 2.86. The van der Waals surface area contributed by atoms with E-state index in [2.05, 4.69) is 10.6 Å². The molecule has 0 aromatic heterocycles. The van der Waals surface area contributed by atoms with Crippen LogP contribution < -0.4 is 10.6 Å². The second-order valence-corrected chi connectivity index (χ2v) is 7.68. The molecule has 7 heteroatoms. The van der Waals surface area contributed by atoms with E-state index in [1.807, 2.05) is 0 Å². The lowest BCUT2D eigenvalue weighted by Crippen LogP contribution is -2.48. The van der Waals surface area contributed by atoms with E-state index in [4.69, 9.17) is 0 Å². The summed E-state index contributed by atoms with van der Waals surface area (Å²) < 4.78 is 25.7. The largest absolute Gasteiger partial charge is 0.355 e. The summed E-state index contributed by atoms with van der Waals surface area (Å²) in [5.74, 6) is 0.122. The fraction of sp³-hybridized carbons (Fsp3) is 0.923. The molecule has 1 saturated heterocycles. The van der Waals surface area contributed by atoms with Crippen LogP contribution in [0.5, 0.6) is 0 Å². The van der Waals surface area contributed by atoms with E-state index in [0.717, 1.165) is 25.7 Å². The summed E-state index contributed by atoms with van der Waals surface area (Å²) in [7, 11) is -3.23. The van der Waals surface area contributed by atoms with Gasteiger partial charge in [-0.3, -0.25) is 4.79 Å². The quantitative estimate of drug-likeness (QED) is 0.744. The molecule has 0 aromatic carbocycles. The van der Waals surface area contributed by atoms with E-state index in [1.54, 1.807) is 0 Å². The monoisotopic (exact) mass is 303 g/mol. The van der Waals surface area contributed by atoms with Gasteiger partial charge in [-0.15, -0.1) is 0 Å². The molecule has 1 aliphatic carbocycles. The predicted octanol–water partition coefficient (Wildman–Crippen LogP) is -0.0821. The third-order valence-electron chi connectivity index (χ3n) is 4.10. The highest BCUT2D eigenvalue weighted by Crippen LogP contribution is 2.23. The van der Waals surface area contributed by atoms with Crippen LogP contribution in [0.3, 0.4) is 0 Å². The molecule has 0 aromatic rings. The minimum absolute atomic E-state index is 0.00542. The van der Waals surface area contributed by atoms with E-state index < -0.39 is 10.0 Å². The average molecular weight is 303 g/mol. The van der Waals surface area contributed by atoms with Gasteiger partial charge in [0.1, 0.15) is 0 Å². The first kappa shape index (κ1) is 15.7. The Labute approximate surface area is 121 Å². The van der Waals surface area contributed by atoms with Gasteiger partial charge in [0.25, 0.3) is 0 Å². The Morgan fingerprint density at radius 3 is 2.45 bits per heavy atom. The first-order chi connectivity index (χ1) is 9.59. The Balaban J connectivity index is 1.72. The summed E-state index contributed by atoms with van der Waals surface area (Å²) in [6.07, 6.45) is 5.31. The van der Waals surface area contributed by atoms with Gasteiger partial charge in [0.15, 0.2) is 0 Å². The van der Waals surface area contributed by atoms with Crippen molar-refractivity contribution in [3.8, 4) is 0 Å². The molecule has 0 unspecified atom stereocenters. The maximum atomic E-state index is 12.1. The molecule has 20 heavy (non-hydrogen) atoms. The molecular formula is C13H25N3O3S. The average Bonchev–Trinajstić information content (AvgIpc) is 2.49. The van der Waals surface area contributed by atoms with Gasteiger partial charge >= 0.3 is 0 Å². The highest BCUT2D eigenvalue weighted by molar-refractivity contribution is 7.89. The lowest BCUT2D eigenvalue weighted by atomic mass is 9.89. The first-order valence-corrected chi connectivity index (χ1v) is 9.17. The normalized spacial score (nSPS) is 22.6. The molecule has 2 fully saturated rings. The summed E-state index contributed by atoms with van der Waals surface area (Å²) in [6.45, 7) is 2.68. The molecule has 0 spiro atoms. The molecule has 1 aliphatic heterocycles. The number of rotatable bonds is 5. The summed E-state index contributed by atoms with van der Waals surface area (Å²) in [5, 5.41) is 5.92. The number of hydrogen-bond donors (Lipinski definition) is 2. The maximum absolute atomic E-state index is 12.1. The van der Waals surface area contributed by atoms with Crippen LogP contribution in [0.25, 0.3) is 0 Å². The summed E-state index contributed by atoms with van der Waals surface area (Å²) in [6, 6.07) is 0. The van der Waals surface area contributed by atoms with Crippen molar-refractivity contribution in [2.45, 2.75) is 32.1 Å². The van der Waals surface area contributed by atoms with E-state index in [-0.39, 0.29) is 24.1 Å². The highest BCUT2D eigenvalue weighted by Gasteiger charge is 2.25. The smallest absolute Gasteiger partial charge is 0.223 e. The van der Waals surface area contributed by atoms with Gasteiger partial charge in [0, 0.05) is 38.6 Å². The molecule has 2 aliphatic rings. The molecule has 116 valence electrons. The number of hydrogen-bond acceptors (Lipinski definition) is 4. The molecular weight excluding hydrogens is 278 g/mol. The number of amides is 1. The second-order valence-electron chi connectivity index (χ2n) is 5.59. The Morgan fingerprint density at radius 2 is 1.80 bits per heavy atom. The molecule has 2 rings (SSSR count). The standard InChI is InChI=1S/C13H25N3O3S/c17-13(12-4-2-1-3-5-12)15-8-11-20(18,19)16-9-6-14-7-10-16/h12,14H,1-11H2,(H,15,17). The number of nitrogens with zero attached hydrogens (tertiary/aromatic N) is 1. The molecule has 6 nitrogen and oxygen atoms in total. The van der Waals surface area contributed by atoms with Crippen LogP contribution in [0.2, 0.25) is 0 Å². The number of carbonyl (C=O) groups excluding carboxylic acids is 1. The van der Waals surface area contributed by atoms with Crippen molar-refractivity contribution in [2.75, 3.05) is 38.5 Å². The number of piperazine rings is 1. The van der Waals surface area contributed by atoms with Crippen molar-refractivity contribution < 1.29 is 13.2 Å². The Kier molecular flexibility index (Phi) is 5.80. The third kappa shape index (κ3) is 4.43. The van der Waals surface area contributed by atoms with Gasteiger partial charge in [-0.1, -0.05) is 19.3 Å². The lowest BCUT2D eigenvalue weighted by molar-refractivity contribution is -0.125. The van der Waals surface area contributed by atoms with Crippen LogP contribution in [0, 0.1) is 5.92 Å². The number of sulfonamides is 1. The lowest BCUT2D eigenvalue weighted by Gasteiger charge is -2.27. The maximum Gasteiger partial charge on any atom is 0.223 e. The zero-order valence-corrected chi connectivity index (χ0v) is 12.8. The molecule has 2 N–H and O–H groups in total. The van der Waals surface area contributed by atoms with Gasteiger partial charge in [-0.05, 0) is 12.8 Å². The Hall–Kier alpha value is -0.660. The SMILES string of the molecule is O=C(NCCS(=O)(=O)N1CCNCC1)C1CCCCC1. The summed E-state index contributed by atoms with van der Waals surface area (Å²) in [4.78, 5) is 11.9. The number of nitrogens with one attached hydrogen (secondary N) is 2. The van der Waals surface area contributed by atoms with Crippen molar-refractivity contribution in [2.24, 2.45) is 5.92 Å². The fourth-order valence-corrected chi connectivity index (χ4v) is 4.22. The summed E-state index contributed by atoms with van der Waals surface area (Å²) in [5.41, 5.74) is 0. The van der Waals surface area contributed by atoms with Crippen LogP contribution >= 0.6 is 0 Å². The van der Waals surface area contributed by atoms with Crippen LogP contribution in [-0.2, 0) is 14.8 Å². The highest BCUT2D eigenvalue weighted by atomic mass is 32.2. The van der Waals surface area contributed by atoms with Gasteiger partial charge in [-0.2, -0.15) is 4.31 Å². The molecule has 1 amide bonds. The first-order valence-electron chi connectivity index (χ1n) is 7.56. The van der Waals surface area contributed by atoms with Crippen LogP contribution in [0.1, 0.15) is 32.1 Å². The zero-order chi connectivity index (χ0) is 14.4. The topological polar surface area (TPSA) is 78.5 Å². The van der Waals surface area contributed by atoms with Gasteiger partial charge in [-0.25, -0.2) is 8.42 Å². The molecule has 1 saturated carbocycles. The Morgan fingerprint density at radius 1 is 1.15 bits per heavy atom. The van der Waals surface area contributed by atoms with Crippen molar-refractivity contribution in [1.82, 2.24) is 14.9 Å². The Bertz CT molecular complexity index is 413. The molecule has 1 heterocycles. The van der Waals surface area contributed by atoms with Crippen LogP contribution in [-0.4, -0.2) is 57.1 Å². The minimum Gasteiger partial charge on any atom is -0.355 e. The van der Waals surface area contributed by atoms with Crippen molar-refractivity contribution in [3.63, 3.8) is 0 Å². The molecule has 0 radical (unpaired) electrons. The van der Waals surface area contributed by atoms with Crippen LogP contribution in [0.15, 0.2) is 0 Å². The van der Waals surface area contributed by atoms with Gasteiger partial charge in [0.2, 0.25) is 15.9 Å². The zero-order valence-electron chi connectivity index (χ0n) is 11.9. The number of carbonyl (C=O) groups is 1. The predicted molar refractivity (Wildman–Crippen MR) is 77.8 cm³/mol. The molecule has 0 bridgehead atoms. The van der Waals surface area contributed by atoms with Crippen molar-refractivity contribution in [3.05, 3.63) is 0 Å². The van der Waals surface area contributed by atoms with Crippen LogP contribution in [0.4, 0.5) is 0 Å². The van der Waals surface area contributed by atoms with E-state index >= 15 is 0 Å². The second kappa shape index (κ2) is 7.38. The van der Waals surface area contributed by atoms with Crippen molar-refractivity contribution >= 4 is 15.9 Å². The van der Waals surface area contributed by atoms with Crippen molar-refractivity contribution in [1.29, 1.82) is 0 Å². The van der Waals surface area contributed by atoms with E-state index in [9.17, 15) is 13.2 Å². The van der Waals surface area contributed by atoms with E-state index in [0.29, 0.717) is 26.2 Å². The van der Waals surface area contributed by atoms with Gasteiger partial charge < -0.3 is 10.6 Å². The minimum atomic E-state index is -3.23. The third-order valence-corrected chi connectivity index (χ3v) is 5.98. The molecule has 0 atom stereocenters.